The van der Waals surface area contributed by atoms with Gasteiger partial charge in [0.15, 0.2) is 0 Å². The van der Waals surface area contributed by atoms with Crippen LogP contribution in [0.1, 0.15) is 187 Å². The van der Waals surface area contributed by atoms with E-state index in [1.165, 1.54) is 103 Å². The molecule has 0 aromatic heterocycles. The van der Waals surface area contributed by atoms with Crippen LogP contribution in [-0.2, 0) is 18.4 Å². The maximum absolute atomic E-state index is 12.9. The van der Waals surface area contributed by atoms with Gasteiger partial charge >= 0.3 is 0 Å². The van der Waals surface area contributed by atoms with Gasteiger partial charge in [0.1, 0.15) is 13.2 Å². The summed E-state index contributed by atoms with van der Waals surface area (Å²) >= 11 is 0. The molecule has 0 radical (unpaired) electrons. The lowest BCUT2D eigenvalue weighted by molar-refractivity contribution is -0.870. The molecule has 0 rings (SSSR count). The van der Waals surface area contributed by atoms with E-state index < -0.39 is 26.6 Å². The highest BCUT2D eigenvalue weighted by atomic mass is 31.2. The Labute approximate surface area is 364 Å². The molecule has 342 valence electrons. The lowest BCUT2D eigenvalue weighted by Crippen LogP contribution is -2.45. The van der Waals surface area contributed by atoms with Crippen molar-refractivity contribution in [3.05, 3.63) is 72.9 Å². The Balaban J connectivity index is 4.17. The number of hydrogen-bond acceptors (Lipinski definition) is 6. The second kappa shape index (κ2) is 41.3. The number of phosphoric ester groups is 1. The third-order valence-corrected chi connectivity index (χ3v) is 11.1. The number of rotatable bonds is 42. The molecular formula is C50H91N2O6P. The number of likely N-dealkylation sites (N-methyl/N-ethyl adjacent to an activating group) is 1. The Morgan fingerprint density at radius 1 is 0.610 bits per heavy atom. The summed E-state index contributed by atoms with van der Waals surface area (Å²) in [5.41, 5.74) is 0. The molecule has 0 bridgehead atoms. The highest BCUT2D eigenvalue weighted by molar-refractivity contribution is 7.45. The second-order valence-corrected chi connectivity index (χ2v) is 18.5. The van der Waals surface area contributed by atoms with E-state index in [4.69, 9.17) is 9.05 Å². The number of phosphoric acid groups is 1. The quantitative estimate of drug-likeness (QED) is 0.0274. The number of amides is 1. The van der Waals surface area contributed by atoms with Crippen LogP contribution in [0.25, 0.3) is 0 Å². The summed E-state index contributed by atoms with van der Waals surface area (Å²) in [4.78, 5) is 25.3. The third kappa shape index (κ3) is 43.8. The molecule has 0 aromatic rings. The van der Waals surface area contributed by atoms with E-state index in [2.05, 4.69) is 79.9 Å². The number of quaternary nitrogens is 1. The minimum Gasteiger partial charge on any atom is -0.756 e. The largest absolute Gasteiger partial charge is 0.756 e. The number of nitrogens with one attached hydrogen (secondary N) is 1. The van der Waals surface area contributed by atoms with Crippen molar-refractivity contribution in [1.82, 2.24) is 5.32 Å². The Morgan fingerprint density at radius 2 is 1.05 bits per heavy atom. The van der Waals surface area contributed by atoms with Crippen LogP contribution in [0.4, 0.5) is 0 Å². The molecule has 0 spiro atoms. The summed E-state index contributed by atoms with van der Waals surface area (Å²) in [6.07, 6.45) is 55.4. The van der Waals surface area contributed by atoms with Gasteiger partial charge in [0.25, 0.3) is 7.82 Å². The minimum absolute atomic E-state index is 0.00907. The van der Waals surface area contributed by atoms with E-state index in [1.54, 1.807) is 6.08 Å². The maximum Gasteiger partial charge on any atom is 0.268 e. The van der Waals surface area contributed by atoms with Crippen LogP contribution in [0.2, 0.25) is 0 Å². The Kier molecular flexibility index (Phi) is 39.9. The van der Waals surface area contributed by atoms with Crippen molar-refractivity contribution >= 4 is 13.7 Å². The molecule has 59 heavy (non-hydrogen) atoms. The van der Waals surface area contributed by atoms with Gasteiger partial charge in [-0.15, -0.1) is 0 Å². The number of carbonyl (C=O) groups is 1. The molecule has 0 aliphatic heterocycles. The normalized spacial score (nSPS) is 14.9. The Bertz CT molecular complexity index is 1190. The molecule has 9 heteroatoms. The van der Waals surface area contributed by atoms with Gasteiger partial charge in [-0.1, -0.05) is 183 Å². The minimum atomic E-state index is -4.59. The van der Waals surface area contributed by atoms with Crippen molar-refractivity contribution in [2.45, 2.75) is 199 Å². The lowest BCUT2D eigenvalue weighted by atomic mass is 10.0. The SMILES string of the molecule is CC/C=C\C/C=C\C/C=C\C/C=C\CCCCCCCCCCCCCCCCC(=O)NC(COP(=O)([O-])OCC[N+](C)(C)C)C(O)/C=C/CC/C=C/CCCCCC. The van der Waals surface area contributed by atoms with Gasteiger partial charge in [-0.05, 0) is 70.6 Å². The topological polar surface area (TPSA) is 108 Å². The first-order chi connectivity index (χ1) is 28.5. The molecule has 0 saturated heterocycles. The van der Waals surface area contributed by atoms with Crippen LogP contribution in [-0.4, -0.2) is 68.5 Å². The van der Waals surface area contributed by atoms with Crippen molar-refractivity contribution in [2.24, 2.45) is 0 Å². The summed E-state index contributed by atoms with van der Waals surface area (Å²) in [6, 6.07) is -0.904. The van der Waals surface area contributed by atoms with Gasteiger partial charge in [-0.25, -0.2) is 0 Å². The van der Waals surface area contributed by atoms with Gasteiger partial charge in [0.05, 0.1) is 39.9 Å². The van der Waals surface area contributed by atoms with Crippen molar-refractivity contribution in [2.75, 3.05) is 40.9 Å². The monoisotopic (exact) mass is 847 g/mol. The highest BCUT2D eigenvalue weighted by Gasteiger charge is 2.23. The van der Waals surface area contributed by atoms with E-state index in [0.29, 0.717) is 17.4 Å². The fourth-order valence-corrected chi connectivity index (χ4v) is 7.12. The lowest BCUT2D eigenvalue weighted by Gasteiger charge is -2.29. The third-order valence-electron chi connectivity index (χ3n) is 10.2. The number of hydrogen-bond donors (Lipinski definition) is 2. The molecule has 0 aromatic carbocycles. The van der Waals surface area contributed by atoms with Crippen LogP contribution >= 0.6 is 7.82 Å². The van der Waals surface area contributed by atoms with Gasteiger partial charge in [-0.2, -0.15) is 0 Å². The summed E-state index contributed by atoms with van der Waals surface area (Å²) < 4.78 is 23.1. The van der Waals surface area contributed by atoms with Gasteiger partial charge in [0.2, 0.25) is 5.91 Å². The van der Waals surface area contributed by atoms with E-state index in [1.807, 2.05) is 27.2 Å². The number of aliphatic hydroxyl groups is 1. The van der Waals surface area contributed by atoms with Crippen LogP contribution in [0.15, 0.2) is 72.9 Å². The van der Waals surface area contributed by atoms with Crippen LogP contribution in [0.5, 0.6) is 0 Å². The zero-order valence-electron chi connectivity index (χ0n) is 38.7. The first kappa shape index (κ1) is 56.9. The Hall–Kier alpha value is -2.06. The van der Waals surface area contributed by atoms with Crippen LogP contribution < -0.4 is 10.2 Å². The summed E-state index contributed by atoms with van der Waals surface area (Å²) in [7, 11) is 1.23. The van der Waals surface area contributed by atoms with Crippen molar-refractivity contribution < 1.29 is 32.9 Å². The van der Waals surface area contributed by atoms with Crippen molar-refractivity contribution in [3.8, 4) is 0 Å². The van der Waals surface area contributed by atoms with E-state index in [9.17, 15) is 19.4 Å². The van der Waals surface area contributed by atoms with E-state index >= 15 is 0 Å². The van der Waals surface area contributed by atoms with Gasteiger partial charge < -0.3 is 28.8 Å². The maximum atomic E-state index is 12.9. The first-order valence-electron chi connectivity index (χ1n) is 23.8. The second-order valence-electron chi connectivity index (χ2n) is 17.1. The van der Waals surface area contributed by atoms with E-state index in [-0.39, 0.29) is 12.5 Å². The fourth-order valence-electron chi connectivity index (χ4n) is 6.39. The summed E-state index contributed by atoms with van der Waals surface area (Å²) in [5.74, 6) is -0.213. The molecular weight excluding hydrogens is 756 g/mol. The number of aliphatic hydroxyl groups excluding tert-OH is 1. The smallest absolute Gasteiger partial charge is 0.268 e. The molecule has 8 nitrogen and oxygen atoms in total. The zero-order chi connectivity index (χ0) is 43.6. The molecule has 0 aliphatic carbocycles. The Morgan fingerprint density at radius 3 is 1.58 bits per heavy atom. The van der Waals surface area contributed by atoms with Crippen LogP contribution in [0, 0.1) is 0 Å². The van der Waals surface area contributed by atoms with Gasteiger partial charge in [0, 0.05) is 6.42 Å². The number of allylic oxidation sites excluding steroid dienone is 11. The molecule has 0 heterocycles. The molecule has 0 aliphatic rings. The average Bonchev–Trinajstić information content (AvgIpc) is 3.19. The fraction of sp³-hybridized carbons (Fsp3) is 0.740. The molecule has 1 amide bonds. The van der Waals surface area contributed by atoms with Crippen molar-refractivity contribution in [3.63, 3.8) is 0 Å². The molecule has 3 atom stereocenters. The summed E-state index contributed by atoms with van der Waals surface area (Å²) in [6.45, 7) is 4.46. The first-order valence-corrected chi connectivity index (χ1v) is 25.3. The molecule has 3 unspecified atom stereocenters. The summed E-state index contributed by atoms with van der Waals surface area (Å²) in [5, 5.41) is 13.7. The number of unbranched alkanes of at least 4 members (excludes halogenated alkanes) is 19. The number of carbonyl (C=O) groups excluding carboxylic acids is 1. The standard InChI is InChI=1S/C50H91N2O6P/c1-6-8-10-12-14-16-18-19-20-21-22-23-24-25-26-27-28-29-30-31-32-33-34-36-38-40-42-44-50(54)51-48(47-58-59(55,56)57-46-45-52(3,4)5)49(53)43-41-39-37-35-17-15-13-11-9-7-2/h8,10,14,16-17,19-20,22-23,35,41,43,48-49,53H,6-7,9,11-13,15,18,21,24-34,36-40,42,44-47H2,1-5H3,(H-,51,54,55,56)/b10-8-,16-14-,20-19-,23-22-,35-17+,43-41+. The average molecular weight is 847 g/mol. The zero-order valence-corrected chi connectivity index (χ0v) is 39.6. The van der Waals surface area contributed by atoms with Crippen LogP contribution in [0.3, 0.4) is 0 Å². The molecule has 0 fully saturated rings. The number of nitrogens with zero attached hydrogens (tertiary/aromatic N) is 1. The van der Waals surface area contributed by atoms with Gasteiger partial charge in [-0.3, -0.25) is 9.36 Å². The predicted octanol–water partition coefficient (Wildman–Crippen LogP) is 12.9. The highest BCUT2D eigenvalue weighted by Crippen LogP contribution is 2.38. The molecule has 0 saturated carbocycles. The predicted molar refractivity (Wildman–Crippen MR) is 251 cm³/mol. The van der Waals surface area contributed by atoms with Crippen molar-refractivity contribution in [1.29, 1.82) is 0 Å². The van der Waals surface area contributed by atoms with E-state index in [0.717, 1.165) is 64.2 Å². The molecule has 2 N–H and O–H groups in total.